The van der Waals surface area contributed by atoms with Gasteiger partial charge in [0.15, 0.2) is 11.1 Å². The fourth-order valence-corrected chi connectivity index (χ4v) is 2.84. The second-order valence-corrected chi connectivity index (χ2v) is 9.08. The van der Waals surface area contributed by atoms with Crippen molar-refractivity contribution in [2.45, 2.75) is 77.5 Å². The summed E-state index contributed by atoms with van der Waals surface area (Å²) in [5, 5.41) is 50.7. The lowest BCUT2D eigenvalue weighted by atomic mass is 9.84. The van der Waals surface area contributed by atoms with Crippen molar-refractivity contribution in [1.82, 2.24) is 10.1 Å². The number of hydrogen-bond donors (Lipinski definition) is 0. The van der Waals surface area contributed by atoms with Crippen LogP contribution in [-0.2, 0) is 10.4 Å². The van der Waals surface area contributed by atoms with E-state index < -0.39 is 22.2 Å². The van der Waals surface area contributed by atoms with Gasteiger partial charge in [-0.15, -0.1) is 0 Å². The summed E-state index contributed by atoms with van der Waals surface area (Å²) in [7, 11) is 0. The van der Waals surface area contributed by atoms with Crippen molar-refractivity contribution in [3.8, 4) is 0 Å². The van der Waals surface area contributed by atoms with Crippen molar-refractivity contribution < 1.29 is 19.9 Å². The van der Waals surface area contributed by atoms with E-state index in [9.17, 15) is 20.8 Å². The maximum absolute atomic E-state index is 12.3. The molecule has 154 valence electrons. The minimum Gasteiger partial charge on any atom is -0.714 e. The normalized spacial score (nSPS) is 23.1. The van der Waals surface area contributed by atoms with E-state index in [-0.39, 0.29) is 11.7 Å². The predicted octanol–water partition coefficient (Wildman–Crippen LogP) is 2.57. The van der Waals surface area contributed by atoms with Crippen molar-refractivity contribution in [3.05, 3.63) is 51.2 Å². The zero-order valence-corrected chi connectivity index (χ0v) is 18.1. The Kier molecular flexibility index (Phi) is 5.30. The van der Waals surface area contributed by atoms with Crippen LogP contribution in [0.25, 0.3) is 0 Å². The predicted molar refractivity (Wildman–Crippen MR) is 105 cm³/mol. The van der Waals surface area contributed by atoms with Crippen molar-refractivity contribution in [2.75, 3.05) is 0 Å². The standard InChI is InChI=1S/C21H26N4O4/c1-18(2)19(3,4)23(27)16(22(18)26)14-12-10-9-11-13-15-17-24(28)20(5,6)21(7,8)25(17)29/h14-15H,1-8H3. The Morgan fingerprint density at radius 3 is 1.24 bits per heavy atom. The lowest BCUT2D eigenvalue weighted by Crippen LogP contribution is -2.53. The molecule has 2 rings (SSSR count). The molecule has 0 unspecified atom stereocenters. The van der Waals surface area contributed by atoms with E-state index in [4.69, 9.17) is 0 Å². The number of rotatable bonds is 2. The molecule has 2 aliphatic rings. The molecule has 0 bridgehead atoms. The Bertz CT molecular complexity index is 921. The van der Waals surface area contributed by atoms with Crippen molar-refractivity contribution >= 4 is 11.7 Å². The third-order valence-corrected chi connectivity index (χ3v) is 6.53. The topological polar surface area (TPSA) is 98.4 Å². The van der Waals surface area contributed by atoms with Crippen molar-refractivity contribution in [3.63, 3.8) is 0 Å². The third-order valence-electron chi connectivity index (χ3n) is 6.53. The molecule has 0 saturated carbocycles. The Hall–Kier alpha value is -2.90. The molecule has 0 saturated heterocycles. The van der Waals surface area contributed by atoms with Gasteiger partial charge in [-0.3, -0.25) is 9.48 Å². The zero-order valence-electron chi connectivity index (χ0n) is 18.1. The molecule has 0 spiro atoms. The van der Waals surface area contributed by atoms with Gasteiger partial charge in [0.25, 0.3) is 0 Å². The van der Waals surface area contributed by atoms with Gasteiger partial charge in [0.05, 0.1) is 12.2 Å². The minimum atomic E-state index is -0.904. The van der Waals surface area contributed by atoms with Gasteiger partial charge in [-0.1, -0.05) is 21.6 Å². The van der Waals surface area contributed by atoms with Crippen LogP contribution < -0.4 is 0 Å². The molecule has 0 amide bonds. The maximum Gasteiger partial charge on any atom is 0.317 e. The molecule has 0 atom stereocenters. The first kappa shape index (κ1) is 22.4. The minimum absolute atomic E-state index is 0.0798. The van der Waals surface area contributed by atoms with E-state index >= 15 is 0 Å². The van der Waals surface area contributed by atoms with Crippen molar-refractivity contribution in [1.29, 1.82) is 0 Å². The molecule has 29 heavy (non-hydrogen) atoms. The number of hydrogen-bond acceptors (Lipinski definition) is 4. The van der Waals surface area contributed by atoms with Gasteiger partial charge in [-0.25, -0.2) is 0 Å². The van der Waals surface area contributed by atoms with Gasteiger partial charge >= 0.3 is 11.7 Å². The van der Waals surface area contributed by atoms with E-state index in [1.807, 2.05) is 0 Å². The monoisotopic (exact) mass is 398 g/mol. The van der Waals surface area contributed by atoms with Crippen LogP contribution in [0.1, 0.15) is 55.4 Å². The average molecular weight is 398 g/mol. The number of hydroxylamine groups is 6. The zero-order chi connectivity index (χ0) is 22.4. The maximum atomic E-state index is 12.3. The van der Waals surface area contributed by atoms with Gasteiger partial charge in [-0.2, -0.15) is 0 Å². The quantitative estimate of drug-likeness (QED) is 0.405. The lowest BCUT2D eigenvalue weighted by Gasteiger charge is -2.32. The van der Waals surface area contributed by atoms with Crippen LogP contribution in [0.15, 0.2) is 40.8 Å². The third kappa shape index (κ3) is 3.16. The summed E-state index contributed by atoms with van der Waals surface area (Å²) >= 11 is 0. The summed E-state index contributed by atoms with van der Waals surface area (Å²) in [4.78, 5) is 0. The molecule has 2 radical (unpaired) electrons. The van der Waals surface area contributed by atoms with E-state index in [1.165, 1.54) is 12.2 Å². The first-order valence-electron chi connectivity index (χ1n) is 9.17. The first-order valence-corrected chi connectivity index (χ1v) is 9.17. The van der Waals surface area contributed by atoms with Crippen LogP contribution >= 0.6 is 0 Å². The second-order valence-electron chi connectivity index (χ2n) is 9.08. The Balaban J connectivity index is 2.38. The summed E-state index contributed by atoms with van der Waals surface area (Å²) in [6, 6.07) is 0. The average Bonchev–Trinajstić information content (AvgIpc) is 2.81. The van der Waals surface area contributed by atoms with E-state index in [1.54, 1.807) is 55.4 Å². The van der Waals surface area contributed by atoms with Gasteiger partial charge in [0.2, 0.25) is 0 Å². The fraction of sp³-hybridized carbons (Fsp3) is 0.571. The molecule has 0 aromatic rings. The first-order chi connectivity index (χ1) is 13.1. The summed E-state index contributed by atoms with van der Waals surface area (Å²) in [5.41, 5.74) is 8.98. The molecule has 0 N–H and O–H groups in total. The molecular weight excluding hydrogens is 372 g/mol. The highest BCUT2D eigenvalue weighted by Crippen LogP contribution is 2.36. The van der Waals surface area contributed by atoms with Gasteiger partial charge in [0.1, 0.15) is 11.1 Å². The van der Waals surface area contributed by atoms with Crippen LogP contribution in [0.5, 0.6) is 0 Å². The van der Waals surface area contributed by atoms with Crippen LogP contribution in [0, 0.1) is 10.4 Å². The lowest BCUT2D eigenvalue weighted by molar-refractivity contribution is -0.539. The van der Waals surface area contributed by atoms with Gasteiger partial charge < -0.3 is 10.4 Å². The second kappa shape index (κ2) is 6.86. The highest BCUT2D eigenvalue weighted by atomic mass is 16.5. The number of nitrogens with zero attached hydrogens (tertiary/aromatic N) is 4. The van der Waals surface area contributed by atoms with Crippen LogP contribution in [0.3, 0.4) is 0 Å². The molecule has 0 aromatic heterocycles. The highest BCUT2D eigenvalue weighted by Gasteiger charge is 2.59. The van der Waals surface area contributed by atoms with Gasteiger partial charge in [-0.05, 0) is 72.6 Å². The molecule has 2 aliphatic heterocycles. The summed E-state index contributed by atoms with van der Waals surface area (Å²) in [6.45, 7) is 13.6. The fourth-order valence-electron chi connectivity index (χ4n) is 2.84. The van der Waals surface area contributed by atoms with E-state index in [0.29, 0.717) is 19.6 Å². The van der Waals surface area contributed by atoms with Crippen molar-refractivity contribution in [2.24, 2.45) is 0 Å². The smallest absolute Gasteiger partial charge is 0.317 e. The van der Waals surface area contributed by atoms with E-state index in [0.717, 1.165) is 0 Å². The Labute approximate surface area is 171 Å². The Morgan fingerprint density at radius 2 is 1.00 bits per heavy atom. The Morgan fingerprint density at radius 1 is 0.690 bits per heavy atom. The largest absolute Gasteiger partial charge is 0.714 e. The summed E-state index contributed by atoms with van der Waals surface area (Å²) in [6.07, 6.45) is 2.45. The molecule has 8 heteroatoms. The molecular formula is C21H26N4O4. The summed E-state index contributed by atoms with van der Waals surface area (Å²) < 4.78 is 1.31. The summed E-state index contributed by atoms with van der Waals surface area (Å²) in [5.74, 6) is -0.160. The highest BCUT2D eigenvalue weighted by molar-refractivity contribution is 5.90. The molecule has 0 aliphatic carbocycles. The van der Waals surface area contributed by atoms with Crippen LogP contribution in [-0.4, -0.2) is 53.4 Å². The molecule has 0 aromatic carbocycles. The molecule has 8 nitrogen and oxygen atoms in total. The SMILES string of the molecule is CC1(C)N([O])C(C=C=C=C=C=C=CC2=[N+]([O-])C(C)(C)C(C)(C)N2[O])=[N+]([O-])C1(C)C. The van der Waals surface area contributed by atoms with Crippen LogP contribution in [0.2, 0.25) is 0 Å². The number of amidine groups is 2. The van der Waals surface area contributed by atoms with Gasteiger partial charge in [0, 0.05) is 10.4 Å². The molecule has 0 fully saturated rings. The van der Waals surface area contributed by atoms with E-state index in [2.05, 4.69) is 28.7 Å². The van der Waals surface area contributed by atoms with Crippen LogP contribution in [0.4, 0.5) is 0 Å². The molecule has 2 heterocycles.